The van der Waals surface area contributed by atoms with Gasteiger partial charge in [0.2, 0.25) is 0 Å². The van der Waals surface area contributed by atoms with Gasteiger partial charge in [-0.15, -0.1) is 0 Å². The first-order valence-electron chi connectivity index (χ1n) is 10.2. The minimum Gasteiger partial charge on any atom is -0.377 e. The molecule has 6 nitrogen and oxygen atoms in total. The van der Waals surface area contributed by atoms with Crippen LogP contribution >= 0.6 is 0 Å². The van der Waals surface area contributed by atoms with Crippen LogP contribution in [0.4, 0.5) is 11.4 Å². The minimum atomic E-state index is 0.591. The summed E-state index contributed by atoms with van der Waals surface area (Å²) in [7, 11) is 0. The second-order valence-electron chi connectivity index (χ2n) is 6.62. The molecule has 0 radical (unpaired) electrons. The second-order valence-corrected chi connectivity index (χ2v) is 6.62. The van der Waals surface area contributed by atoms with E-state index in [0.717, 1.165) is 30.0 Å². The number of hydrogen-bond donors (Lipinski definition) is 0. The summed E-state index contributed by atoms with van der Waals surface area (Å²) in [5.41, 5.74) is 3.15. The number of benzene rings is 2. The van der Waals surface area contributed by atoms with Gasteiger partial charge in [-0.25, -0.2) is 0 Å². The first-order valence-corrected chi connectivity index (χ1v) is 10.2. The lowest BCUT2D eigenvalue weighted by Gasteiger charge is -2.25. The zero-order valence-corrected chi connectivity index (χ0v) is 16.9. The lowest BCUT2D eigenvalue weighted by atomic mass is 10.2. The molecule has 0 spiro atoms. The Hall–Kier alpha value is -2.25. The van der Waals surface area contributed by atoms with Crippen LogP contribution in [0.1, 0.15) is 5.56 Å². The number of nitrogens with zero attached hydrogens (tertiary/aromatic N) is 2. The summed E-state index contributed by atoms with van der Waals surface area (Å²) < 4.78 is 22.3. The van der Waals surface area contributed by atoms with E-state index in [9.17, 15) is 0 Å². The van der Waals surface area contributed by atoms with Crippen molar-refractivity contribution in [1.29, 1.82) is 0 Å². The Morgan fingerprint density at radius 1 is 0.621 bits per heavy atom. The summed E-state index contributed by atoms with van der Waals surface area (Å²) in [4.78, 5) is 6.82. The van der Waals surface area contributed by atoms with Crippen LogP contribution in [0, 0.1) is 0 Å². The maximum atomic E-state index is 5.70. The zero-order chi connectivity index (χ0) is 20.0. The van der Waals surface area contributed by atoms with Crippen molar-refractivity contribution in [2.45, 2.75) is 0 Å². The highest BCUT2D eigenvalue weighted by Crippen LogP contribution is 2.20. The Balaban J connectivity index is 1.56. The zero-order valence-electron chi connectivity index (χ0n) is 16.9. The highest BCUT2D eigenvalue weighted by atomic mass is 16.6. The van der Waals surface area contributed by atoms with Gasteiger partial charge in [-0.05, 0) is 29.8 Å². The van der Waals surface area contributed by atoms with Crippen LogP contribution in [0.3, 0.4) is 0 Å². The Kier molecular flexibility index (Phi) is 9.67. The van der Waals surface area contributed by atoms with E-state index in [2.05, 4.69) is 22.0 Å². The van der Waals surface area contributed by atoms with E-state index in [0.29, 0.717) is 52.9 Å². The monoisotopic (exact) mass is 398 g/mol. The Bertz CT molecular complexity index is 691. The van der Waals surface area contributed by atoms with Gasteiger partial charge in [0.25, 0.3) is 0 Å². The number of ether oxygens (including phenoxy) is 4. The molecule has 0 aliphatic carbocycles. The van der Waals surface area contributed by atoms with Crippen molar-refractivity contribution in [3.63, 3.8) is 0 Å². The molecule has 6 heteroatoms. The van der Waals surface area contributed by atoms with Crippen LogP contribution in [0.5, 0.6) is 0 Å². The van der Waals surface area contributed by atoms with E-state index >= 15 is 0 Å². The quantitative estimate of drug-likeness (QED) is 0.743. The number of aliphatic imine (C=N–C) groups is 1. The topological polar surface area (TPSA) is 52.5 Å². The first kappa shape index (κ1) is 21.5. The van der Waals surface area contributed by atoms with E-state index in [4.69, 9.17) is 18.9 Å². The van der Waals surface area contributed by atoms with Gasteiger partial charge in [-0.2, -0.15) is 0 Å². The lowest BCUT2D eigenvalue weighted by molar-refractivity contribution is 0.00206. The lowest BCUT2D eigenvalue weighted by Crippen LogP contribution is -2.31. The van der Waals surface area contributed by atoms with E-state index in [1.807, 2.05) is 48.7 Å². The number of hydrogen-bond acceptors (Lipinski definition) is 6. The van der Waals surface area contributed by atoms with Crippen molar-refractivity contribution >= 4 is 17.6 Å². The fraction of sp³-hybridized carbons (Fsp3) is 0.435. The molecule has 2 aromatic rings. The molecule has 0 N–H and O–H groups in total. The normalized spacial score (nSPS) is 18.3. The third-order valence-corrected chi connectivity index (χ3v) is 4.50. The second kappa shape index (κ2) is 13.1. The molecule has 29 heavy (non-hydrogen) atoms. The summed E-state index contributed by atoms with van der Waals surface area (Å²) in [6.07, 6.45) is 1.88. The average molecular weight is 399 g/mol. The predicted octanol–water partition coefficient (Wildman–Crippen LogP) is 3.32. The summed E-state index contributed by atoms with van der Waals surface area (Å²) in [5, 5.41) is 0. The molecule has 0 amide bonds. The highest BCUT2D eigenvalue weighted by molar-refractivity contribution is 5.81. The maximum absolute atomic E-state index is 5.70. The maximum Gasteiger partial charge on any atom is 0.0701 e. The van der Waals surface area contributed by atoms with E-state index in [1.54, 1.807) is 0 Å². The van der Waals surface area contributed by atoms with Crippen LogP contribution in [0.15, 0.2) is 59.6 Å². The molecule has 0 bridgehead atoms. The van der Waals surface area contributed by atoms with Crippen molar-refractivity contribution in [2.24, 2.45) is 4.99 Å². The molecule has 2 aromatic carbocycles. The molecule has 1 saturated heterocycles. The summed E-state index contributed by atoms with van der Waals surface area (Å²) in [5.74, 6) is 0. The van der Waals surface area contributed by atoms with Gasteiger partial charge in [0.15, 0.2) is 0 Å². The van der Waals surface area contributed by atoms with Crippen LogP contribution < -0.4 is 4.90 Å². The molecule has 1 aliphatic rings. The fourth-order valence-corrected chi connectivity index (χ4v) is 2.92. The van der Waals surface area contributed by atoms with Gasteiger partial charge in [-0.3, -0.25) is 4.99 Å². The van der Waals surface area contributed by atoms with Gasteiger partial charge >= 0.3 is 0 Å². The Labute approximate surface area is 173 Å². The van der Waals surface area contributed by atoms with Crippen molar-refractivity contribution in [1.82, 2.24) is 0 Å². The third kappa shape index (κ3) is 8.33. The highest BCUT2D eigenvalue weighted by Gasteiger charge is 2.07. The van der Waals surface area contributed by atoms with E-state index in [1.165, 1.54) is 0 Å². The van der Waals surface area contributed by atoms with Gasteiger partial charge in [-0.1, -0.05) is 30.3 Å². The van der Waals surface area contributed by atoms with Gasteiger partial charge < -0.3 is 23.8 Å². The van der Waals surface area contributed by atoms with Crippen LogP contribution in [0.2, 0.25) is 0 Å². The number of rotatable bonds is 3. The van der Waals surface area contributed by atoms with Gasteiger partial charge in [0.05, 0.1) is 58.5 Å². The summed E-state index contributed by atoms with van der Waals surface area (Å²) in [6, 6.07) is 18.4. The van der Waals surface area contributed by atoms with Crippen molar-refractivity contribution in [3.8, 4) is 0 Å². The molecule has 3 rings (SSSR count). The minimum absolute atomic E-state index is 0.591. The van der Waals surface area contributed by atoms with Crippen molar-refractivity contribution in [2.75, 3.05) is 70.8 Å². The molecule has 0 atom stereocenters. The van der Waals surface area contributed by atoms with Gasteiger partial charge in [0.1, 0.15) is 0 Å². The molecule has 1 aliphatic heterocycles. The van der Waals surface area contributed by atoms with E-state index < -0.39 is 0 Å². The standard InChI is InChI=1S/C23H30N2O4/c1-2-4-21(5-3-1)20-24-22-6-8-23(9-7-22)25-10-12-26-14-16-28-18-19-29-17-15-27-13-11-25/h1-9,20H,10-19H2. The average Bonchev–Trinajstić information content (AvgIpc) is 2.78. The third-order valence-electron chi connectivity index (χ3n) is 4.50. The van der Waals surface area contributed by atoms with Crippen LogP contribution in [-0.4, -0.2) is 72.2 Å². The smallest absolute Gasteiger partial charge is 0.0701 e. The Morgan fingerprint density at radius 3 is 1.69 bits per heavy atom. The van der Waals surface area contributed by atoms with E-state index in [-0.39, 0.29) is 0 Å². The molecule has 156 valence electrons. The van der Waals surface area contributed by atoms with Crippen LogP contribution in [0.25, 0.3) is 0 Å². The first-order chi connectivity index (χ1) is 14.4. The Morgan fingerprint density at radius 2 is 1.14 bits per heavy atom. The van der Waals surface area contributed by atoms with Gasteiger partial charge in [0, 0.05) is 25.0 Å². The SMILES string of the molecule is C(=Nc1ccc(N2CCOCCOCCOCCOCC2)cc1)c1ccccc1. The van der Waals surface area contributed by atoms with Crippen molar-refractivity contribution in [3.05, 3.63) is 60.2 Å². The summed E-state index contributed by atoms with van der Waals surface area (Å²) in [6.45, 7) is 6.45. The molecule has 0 saturated carbocycles. The molecule has 1 heterocycles. The molecule has 0 unspecified atom stereocenters. The molecule has 1 fully saturated rings. The summed E-state index contributed by atoms with van der Waals surface area (Å²) >= 11 is 0. The van der Waals surface area contributed by atoms with Crippen LogP contribution in [-0.2, 0) is 18.9 Å². The largest absolute Gasteiger partial charge is 0.377 e. The molecular weight excluding hydrogens is 368 g/mol. The number of anilines is 1. The molecular formula is C23H30N2O4. The fourth-order valence-electron chi connectivity index (χ4n) is 2.92. The van der Waals surface area contributed by atoms with Crippen molar-refractivity contribution < 1.29 is 18.9 Å². The molecule has 0 aromatic heterocycles. The predicted molar refractivity (Wildman–Crippen MR) is 116 cm³/mol.